The number of methoxy groups -OCH3 is 3. The van der Waals surface area contributed by atoms with Crippen LogP contribution < -0.4 is 24.8 Å². The second-order valence-electron chi connectivity index (χ2n) is 6.49. The van der Waals surface area contributed by atoms with Crippen molar-refractivity contribution in [3.05, 3.63) is 52.8 Å². The highest BCUT2D eigenvalue weighted by Crippen LogP contribution is 2.39. The highest BCUT2D eigenvalue weighted by molar-refractivity contribution is 14.0. The Morgan fingerprint density at radius 2 is 1.50 bits per heavy atom. The SMILES string of the molecule is CN=C(NCCc1ccc(F)cc1C)NCCc1ccc(OC)c(OC)c1OC.I. The molecule has 0 bridgehead atoms. The van der Waals surface area contributed by atoms with Crippen molar-refractivity contribution < 1.29 is 18.6 Å². The molecular weight excluding hydrogens is 500 g/mol. The van der Waals surface area contributed by atoms with Crippen molar-refractivity contribution in [1.82, 2.24) is 10.6 Å². The first-order chi connectivity index (χ1) is 14.0. The second-order valence-corrected chi connectivity index (χ2v) is 6.49. The molecule has 0 aliphatic rings. The summed E-state index contributed by atoms with van der Waals surface area (Å²) in [6.07, 6.45) is 1.51. The lowest BCUT2D eigenvalue weighted by Crippen LogP contribution is -2.39. The summed E-state index contributed by atoms with van der Waals surface area (Å²) in [6.45, 7) is 3.29. The molecule has 2 aromatic carbocycles. The predicted molar refractivity (Wildman–Crippen MR) is 129 cm³/mol. The van der Waals surface area contributed by atoms with Gasteiger partial charge in [0.25, 0.3) is 0 Å². The molecule has 8 heteroatoms. The third kappa shape index (κ3) is 6.93. The topological polar surface area (TPSA) is 64.1 Å². The number of ether oxygens (including phenoxy) is 3. The molecule has 0 aliphatic heterocycles. The Bertz CT molecular complexity index is 847. The Labute approximate surface area is 195 Å². The molecular formula is C22H31FIN3O3. The van der Waals surface area contributed by atoms with Crippen LogP contribution in [0.25, 0.3) is 0 Å². The van der Waals surface area contributed by atoms with E-state index >= 15 is 0 Å². The van der Waals surface area contributed by atoms with Gasteiger partial charge in [-0.3, -0.25) is 4.99 Å². The molecule has 0 aromatic heterocycles. The minimum Gasteiger partial charge on any atom is -0.493 e. The van der Waals surface area contributed by atoms with Crippen molar-refractivity contribution in [2.45, 2.75) is 19.8 Å². The summed E-state index contributed by atoms with van der Waals surface area (Å²) in [5.74, 6) is 2.40. The van der Waals surface area contributed by atoms with Gasteiger partial charge in [-0.15, -0.1) is 24.0 Å². The lowest BCUT2D eigenvalue weighted by molar-refractivity contribution is 0.322. The number of aryl methyl sites for hydroxylation is 1. The third-order valence-electron chi connectivity index (χ3n) is 4.69. The average molecular weight is 531 g/mol. The zero-order chi connectivity index (χ0) is 21.2. The van der Waals surface area contributed by atoms with Crippen molar-refractivity contribution in [2.75, 3.05) is 41.5 Å². The molecule has 0 heterocycles. The van der Waals surface area contributed by atoms with E-state index in [4.69, 9.17) is 14.2 Å². The molecule has 0 aliphatic carbocycles. The van der Waals surface area contributed by atoms with Crippen LogP contribution in [-0.4, -0.2) is 47.4 Å². The van der Waals surface area contributed by atoms with Gasteiger partial charge in [-0.05, 0) is 49.1 Å². The standard InChI is InChI=1S/C22H30FN3O3.HI/c1-15-14-18(23)8-6-16(15)10-12-25-22(24-2)26-13-11-17-7-9-19(27-3)21(29-5)20(17)28-4;/h6-9,14H,10-13H2,1-5H3,(H2,24,25,26);1H. The quantitative estimate of drug-likeness (QED) is 0.294. The molecule has 0 spiro atoms. The van der Waals surface area contributed by atoms with Crippen LogP contribution >= 0.6 is 24.0 Å². The molecule has 0 atom stereocenters. The molecule has 0 amide bonds. The fraction of sp³-hybridized carbons (Fsp3) is 0.409. The van der Waals surface area contributed by atoms with E-state index in [0.717, 1.165) is 29.5 Å². The van der Waals surface area contributed by atoms with Crippen LogP contribution in [0.2, 0.25) is 0 Å². The van der Waals surface area contributed by atoms with E-state index in [1.54, 1.807) is 34.4 Å². The van der Waals surface area contributed by atoms with Crippen molar-refractivity contribution in [3.8, 4) is 17.2 Å². The van der Waals surface area contributed by atoms with Gasteiger partial charge in [0.2, 0.25) is 5.75 Å². The normalized spacial score (nSPS) is 10.8. The third-order valence-corrected chi connectivity index (χ3v) is 4.69. The Kier molecular flexibility index (Phi) is 11.3. The number of nitrogens with zero attached hydrogens (tertiary/aromatic N) is 1. The molecule has 2 rings (SSSR count). The number of benzene rings is 2. The Morgan fingerprint density at radius 3 is 2.03 bits per heavy atom. The number of hydrogen-bond acceptors (Lipinski definition) is 4. The predicted octanol–water partition coefficient (Wildman–Crippen LogP) is 3.73. The van der Waals surface area contributed by atoms with Gasteiger partial charge >= 0.3 is 0 Å². The Morgan fingerprint density at radius 1 is 0.900 bits per heavy atom. The van der Waals surface area contributed by atoms with Gasteiger partial charge in [0.1, 0.15) is 5.82 Å². The minimum absolute atomic E-state index is 0. The maximum atomic E-state index is 13.2. The molecule has 0 unspecified atom stereocenters. The fourth-order valence-electron chi connectivity index (χ4n) is 3.15. The van der Waals surface area contributed by atoms with Crippen molar-refractivity contribution >= 4 is 29.9 Å². The molecule has 0 saturated heterocycles. The number of halogens is 2. The average Bonchev–Trinajstić information content (AvgIpc) is 2.73. The molecule has 2 aromatic rings. The number of rotatable bonds is 9. The van der Waals surface area contributed by atoms with Crippen LogP contribution in [-0.2, 0) is 12.8 Å². The Balaban J connectivity index is 0.00000450. The van der Waals surface area contributed by atoms with Crippen molar-refractivity contribution in [2.24, 2.45) is 4.99 Å². The molecule has 166 valence electrons. The fourth-order valence-corrected chi connectivity index (χ4v) is 3.15. The summed E-state index contributed by atoms with van der Waals surface area (Å²) < 4.78 is 29.5. The van der Waals surface area contributed by atoms with Crippen LogP contribution in [0.5, 0.6) is 17.2 Å². The minimum atomic E-state index is -0.206. The van der Waals surface area contributed by atoms with Gasteiger partial charge in [0, 0.05) is 25.7 Å². The zero-order valence-corrected chi connectivity index (χ0v) is 20.5. The van der Waals surface area contributed by atoms with Crippen molar-refractivity contribution in [1.29, 1.82) is 0 Å². The summed E-state index contributed by atoms with van der Waals surface area (Å²) >= 11 is 0. The number of hydrogen-bond donors (Lipinski definition) is 2. The van der Waals surface area contributed by atoms with Crippen molar-refractivity contribution in [3.63, 3.8) is 0 Å². The summed E-state index contributed by atoms with van der Waals surface area (Å²) in [5.41, 5.74) is 3.08. The van der Waals surface area contributed by atoms with E-state index in [1.807, 2.05) is 25.1 Å². The van der Waals surface area contributed by atoms with E-state index in [0.29, 0.717) is 36.3 Å². The largest absolute Gasteiger partial charge is 0.493 e. The van der Waals surface area contributed by atoms with Gasteiger partial charge in [0.05, 0.1) is 21.3 Å². The first-order valence-corrected chi connectivity index (χ1v) is 9.51. The smallest absolute Gasteiger partial charge is 0.203 e. The van der Waals surface area contributed by atoms with E-state index in [9.17, 15) is 4.39 Å². The zero-order valence-electron chi connectivity index (χ0n) is 18.2. The van der Waals surface area contributed by atoms with Gasteiger partial charge in [-0.2, -0.15) is 0 Å². The lowest BCUT2D eigenvalue weighted by atomic mass is 10.1. The first-order valence-electron chi connectivity index (χ1n) is 9.51. The highest BCUT2D eigenvalue weighted by Gasteiger charge is 2.15. The first kappa shape index (κ1) is 25.8. The number of aliphatic imine (C=N–C) groups is 1. The van der Waals surface area contributed by atoms with Gasteiger partial charge in [0.15, 0.2) is 17.5 Å². The van der Waals surface area contributed by atoms with E-state index in [1.165, 1.54) is 6.07 Å². The van der Waals surface area contributed by atoms with Crippen LogP contribution in [0.4, 0.5) is 4.39 Å². The Hall–Kier alpha value is -2.23. The summed E-state index contributed by atoms with van der Waals surface area (Å²) in [5, 5.41) is 6.58. The summed E-state index contributed by atoms with van der Waals surface area (Å²) in [6, 6.07) is 8.71. The molecule has 0 radical (unpaired) electrons. The molecule has 2 N–H and O–H groups in total. The van der Waals surface area contributed by atoms with Gasteiger partial charge in [-0.1, -0.05) is 12.1 Å². The van der Waals surface area contributed by atoms with Crippen LogP contribution in [0.1, 0.15) is 16.7 Å². The van der Waals surface area contributed by atoms with Crippen LogP contribution in [0, 0.1) is 12.7 Å². The maximum absolute atomic E-state index is 13.2. The molecule has 30 heavy (non-hydrogen) atoms. The highest BCUT2D eigenvalue weighted by atomic mass is 127. The van der Waals surface area contributed by atoms with Gasteiger partial charge in [-0.25, -0.2) is 4.39 Å². The number of guanidine groups is 1. The molecule has 6 nitrogen and oxygen atoms in total. The molecule has 0 fully saturated rings. The summed E-state index contributed by atoms with van der Waals surface area (Å²) in [4.78, 5) is 4.25. The second kappa shape index (κ2) is 13.1. The van der Waals surface area contributed by atoms with Gasteiger partial charge < -0.3 is 24.8 Å². The monoisotopic (exact) mass is 531 g/mol. The van der Waals surface area contributed by atoms with Crippen LogP contribution in [0.15, 0.2) is 35.3 Å². The lowest BCUT2D eigenvalue weighted by Gasteiger charge is -2.17. The number of nitrogens with one attached hydrogen (secondary N) is 2. The molecule has 0 saturated carbocycles. The maximum Gasteiger partial charge on any atom is 0.203 e. The van der Waals surface area contributed by atoms with E-state index < -0.39 is 0 Å². The van der Waals surface area contributed by atoms with Crippen LogP contribution in [0.3, 0.4) is 0 Å². The van der Waals surface area contributed by atoms with E-state index in [-0.39, 0.29) is 29.8 Å². The van der Waals surface area contributed by atoms with E-state index in [2.05, 4.69) is 15.6 Å². The summed E-state index contributed by atoms with van der Waals surface area (Å²) in [7, 11) is 6.54.